The van der Waals surface area contributed by atoms with Gasteiger partial charge in [0.1, 0.15) is 23.0 Å². The Morgan fingerprint density at radius 2 is 0.911 bits per heavy atom. The lowest BCUT2D eigenvalue weighted by molar-refractivity contribution is 0.414. The highest BCUT2D eigenvalue weighted by molar-refractivity contribution is 6.14. The summed E-state index contributed by atoms with van der Waals surface area (Å²) in [6, 6.07) is 31.5. The fourth-order valence-corrected chi connectivity index (χ4v) is 6.20. The molecular formula is C40H38NO4. The van der Waals surface area contributed by atoms with E-state index in [0.29, 0.717) is 0 Å². The molecule has 5 nitrogen and oxygen atoms in total. The number of methoxy groups -OCH3 is 4. The molecule has 1 saturated carbocycles. The highest BCUT2D eigenvalue weighted by Gasteiger charge is 2.36. The Hall–Kier alpha value is -4.48. The smallest absolute Gasteiger partial charge is 0.119 e. The number of nitrogens with zero attached hydrogens (tertiary/aromatic N) is 1. The number of rotatable bonds is 10. The van der Waals surface area contributed by atoms with Crippen LogP contribution in [0.4, 0.5) is 0 Å². The van der Waals surface area contributed by atoms with Gasteiger partial charge in [-0.1, -0.05) is 42.5 Å². The van der Waals surface area contributed by atoms with Gasteiger partial charge >= 0.3 is 0 Å². The normalized spacial score (nSPS) is 13.8. The van der Waals surface area contributed by atoms with Gasteiger partial charge in [0, 0.05) is 18.4 Å². The van der Waals surface area contributed by atoms with Crippen LogP contribution in [0.3, 0.4) is 0 Å². The molecule has 5 radical (unpaired) electrons. The van der Waals surface area contributed by atoms with Gasteiger partial charge in [0.25, 0.3) is 0 Å². The van der Waals surface area contributed by atoms with Crippen molar-refractivity contribution in [2.75, 3.05) is 49.1 Å². The third-order valence-electron chi connectivity index (χ3n) is 8.31. The van der Waals surface area contributed by atoms with E-state index in [4.69, 9.17) is 18.9 Å². The Morgan fingerprint density at radius 1 is 0.467 bits per heavy atom. The second-order valence-electron chi connectivity index (χ2n) is 11.3. The summed E-state index contributed by atoms with van der Waals surface area (Å²) < 4.78 is 22.5. The highest BCUT2D eigenvalue weighted by atomic mass is 16.5. The number of ether oxygens (including phenoxy) is 4. The van der Waals surface area contributed by atoms with Gasteiger partial charge in [-0.3, -0.25) is 0 Å². The molecule has 0 unspecified atom stereocenters. The first-order valence-electron chi connectivity index (χ1n) is 15.0. The Labute approximate surface area is 267 Å². The molecule has 1 aliphatic carbocycles. The van der Waals surface area contributed by atoms with Crippen molar-refractivity contribution in [2.45, 2.75) is 0 Å². The molecule has 5 aromatic carbocycles. The largest absolute Gasteiger partial charge is 0.497 e. The van der Waals surface area contributed by atoms with Crippen molar-refractivity contribution in [3.63, 3.8) is 0 Å². The number of hydrogen-bond donors (Lipinski definition) is 0. The lowest BCUT2D eigenvalue weighted by Gasteiger charge is -2.30. The van der Waals surface area contributed by atoms with Crippen molar-refractivity contribution in [3.05, 3.63) is 128 Å². The topological polar surface area (TPSA) is 40.2 Å². The van der Waals surface area contributed by atoms with Crippen molar-refractivity contribution in [3.8, 4) is 56.4 Å². The van der Waals surface area contributed by atoms with E-state index < -0.39 is 0 Å². The van der Waals surface area contributed by atoms with E-state index in [9.17, 15) is 0 Å². The third-order valence-corrected chi connectivity index (χ3v) is 8.31. The Balaban J connectivity index is 1.80. The standard InChI is InChI=1S/C40H38NO4/c1-41(2)25-29-8-7-9-34(29)40-35-23-22-33(45-6)24-36(35)37(26-10-16-30(42-3)17-11-26)38(27-12-18-31(43-4)19-13-27)39(40)28-14-20-32(44-5)21-15-28/h7-24H,25H2,1-6H3. The van der Waals surface area contributed by atoms with Crippen LogP contribution in [0.5, 0.6) is 23.0 Å². The molecule has 1 aliphatic rings. The van der Waals surface area contributed by atoms with E-state index in [1.807, 2.05) is 36.4 Å². The second-order valence-corrected chi connectivity index (χ2v) is 11.3. The van der Waals surface area contributed by atoms with E-state index in [1.54, 1.807) is 28.4 Å². The SMILES string of the molecule is COc1ccc(-c2c(-c3ccc(OC)cc3)c(-c3ccc(OC)cc3)c3cc(OC)ccc3c2[C]2[CH][CH][CH][C]2CN(C)C)cc1. The van der Waals surface area contributed by atoms with E-state index in [0.717, 1.165) is 73.7 Å². The molecule has 0 saturated heterocycles. The maximum atomic E-state index is 5.82. The highest BCUT2D eigenvalue weighted by Crippen LogP contribution is 2.53. The molecule has 0 aliphatic heterocycles. The van der Waals surface area contributed by atoms with Crippen molar-refractivity contribution >= 4 is 10.8 Å². The van der Waals surface area contributed by atoms with Crippen LogP contribution in [0.15, 0.2) is 91.0 Å². The van der Waals surface area contributed by atoms with Crippen molar-refractivity contribution in [2.24, 2.45) is 0 Å². The number of hydrogen-bond acceptors (Lipinski definition) is 5. The van der Waals surface area contributed by atoms with Gasteiger partial charge < -0.3 is 23.8 Å². The van der Waals surface area contributed by atoms with Gasteiger partial charge in [-0.25, -0.2) is 0 Å². The molecule has 5 aromatic rings. The fourth-order valence-electron chi connectivity index (χ4n) is 6.20. The van der Waals surface area contributed by atoms with E-state index in [-0.39, 0.29) is 0 Å². The molecule has 0 bridgehead atoms. The van der Waals surface area contributed by atoms with Gasteiger partial charge in [-0.05, 0) is 132 Å². The van der Waals surface area contributed by atoms with Gasteiger partial charge in [-0.2, -0.15) is 0 Å². The summed E-state index contributed by atoms with van der Waals surface area (Å²) in [5.74, 6) is 5.71. The quantitative estimate of drug-likeness (QED) is 0.162. The van der Waals surface area contributed by atoms with Crippen LogP contribution in [0.25, 0.3) is 44.2 Å². The summed E-state index contributed by atoms with van der Waals surface area (Å²) in [7, 11) is 11.0. The summed E-state index contributed by atoms with van der Waals surface area (Å²) in [5, 5.41) is 2.26. The molecule has 0 aromatic heterocycles. The molecule has 6 rings (SSSR count). The molecule has 0 spiro atoms. The van der Waals surface area contributed by atoms with Gasteiger partial charge in [0.05, 0.1) is 28.4 Å². The van der Waals surface area contributed by atoms with Gasteiger partial charge in [-0.15, -0.1) is 0 Å². The van der Waals surface area contributed by atoms with Crippen molar-refractivity contribution in [1.29, 1.82) is 0 Å². The molecule has 0 heterocycles. The van der Waals surface area contributed by atoms with E-state index in [1.165, 1.54) is 17.4 Å². The predicted molar refractivity (Wildman–Crippen MR) is 184 cm³/mol. The molecule has 1 fully saturated rings. The van der Waals surface area contributed by atoms with E-state index in [2.05, 4.69) is 92.9 Å². The van der Waals surface area contributed by atoms with Crippen LogP contribution in [-0.4, -0.2) is 54.0 Å². The van der Waals surface area contributed by atoms with Crippen LogP contribution >= 0.6 is 0 Å². The number of benzene rings is 5. The molecule has 0 N–H and O–H groups in total. The Morgan fingerprint density at radius 3 is 1.38 bits per heavy atom. The Bertz CT molecular complexity index is 1760. The lowest BCUT2D eigenvalue weighted by Crippen LogP contribution is -2.23. The first-order chi connectivity index (χ1) is 21.9. The predicted octanol–water partition coefficient (Wildman–Crippen LogP) is 8.56. The van der Waals surface area contributed by atoms with Crippen molar-refractivity contribution in [1.82, 2.24) is 4.90 Å². The first kappa shape index (κ1) is 30.5. The molecule has 0 atom stereocenters. The second kappa shape index (κ2) is 13.3. The lowest BCUT2D eigenvalue weighted by atomic mass is 9.75. The van der Waals surface area contributed by atoms with Gasteiger partial charge in [0.15, 0.2) is 0 Å². The van der Waals surface area contributed by atoms with E-state index >= 15 is 0 Å². The van der Waals surface area contributed by atoms with Crippen molar-refractivity contribution < 1.29 is 18.9 Å². The average Bonchev–Trinajstić information content (AvgIpc) is 3.53. The first-order valence-corrected chi connectivity index (χ1v) is 15.0. The summed E-state index contributed by atoms with van der Waals surface area (Å²) in [4.78, 5) is 2.22. The summed E-state index contributed by atoms with van der Waals surface area (Å²) >= 11 is 0. The minimum Gasteiger partial charge on any atom is -0.497 e. The fraction of sp³-hybridized carbons (Fsp3) is 0.175. The zero-order valence-corrected chi connectivity index (χ0v) is 26.7. The Kier molecular flexibility index (Phi) is 8.99. The zero-order valence-electron chi connectivity index (χ0n) is 26.7. The van der Waals surface area contributed by atoms with Crippen LogP contribution in [-0.2, 0) is 0 Å². The summed E-state index contributed by atoms with van der Waals surface area (Å²) in [5.41, 5.74) is 7.84. The minimum absolute atomic E-state index is 0.803. The molecule has 227 valence electrons. The minimum atomic E-state index is 0.803. The van der Waals surface area contributed by atoms with Crippen LogP contribution < -0.4 is 18.9 Å². The molecule has 45 heavy (non-hydrogen) atoms. The molecule has 0 amide bonds. The van der Waals surface area contributed by atoms with Crippen LogP contribution in [0, 0.1) is 31.1 Å². The maximum Gasteiger partial charge on any atom is 0.119 e. The summed E-state index contributed by atoms with van der Waals surface area (Å²) in [6.45, 7) is 0.820. The number of fused-ring (bicyclic) bond motifs is 1. The average molecular weight is 597 g/mol. The van der Waals surface area contributed by atoms with Crippen LogP contribution in [0.1, 0.15) is 5.56 Å². The third kappa shape index (κ3) is 5.97. The zero-order chi connectivity index (χ0) is 31.5. The van der Waals surface area contributed by atoms with Crippen LogP contribution in [0.2, 0.25) is 0 Å². The maximum absolute atomic E-state index is 5.82. The monoisotopic (exact) mass is 596 g/mol. The molecule has 5 heteroatoms. The molecular weight excluding hydrogens is 558 g/mol. The summed E-state index contributed by atoms with van der Waals surface area (Å²) in [6.07, 6.45) is 6.63. The van der Waals surface area contributed by atoms with Gasteiger partial charge in [0.2, 0.25) is 0 Å².